The van der Waals surface area contributed by atoms with E-state index in [1.807, 2.05) is 66.7 Å². The topological polar surface area (TPSA) is 20.3 Å². The lowest BCUT2D eigenvalue weighted by Gasteiger charge is -2.30. The Bertz CT molecular complexity index is 866. The quantitative estimate of drug-likeness (QED) is 0.637. The van der Waals surface area contributed by atoms with E-state index in [1.165, 1.54) is 0 Å². The van der Waals surface area contributed by atoms with Gasteiger partial charge in [-0.1, -0.05) is 78.9 Å². The summed E-state index contributed by atoms with van der Waals surface area (Å²) in [5.74, 6) is 0. The van der Waals surface area contributed by atoms with Gasteiger partial charge in [-0.3, -0.25) is 4.90 Å². The Labute approximate surface area is 143 Å². The minimum Gasteiger partial charge on any atom is -0.309 e. The van der Waals surface area contributed by atoms with E-state index < -0.39 is 7.14 Å². The van der Waals surface area contributed by atoms with E-state index in [4.69, 9.17) is 0 Å². The number of hydrogen-bond acceptors (Lipinski definition) is 2. The molecule has 0 unspecified atom stereocenters. The molecule has 0 aliphatic carbocycles. The van der Waals surface area contributed by atoms with Gasteiger partial charge in [0, 0.05) is 29.0 Å². The Morgan fingerprint density at radius 3 is 1.71 bits per heavy atom. The number of fused-ring (bicyclic) bond motifs is 2. The van der Waals surface area contributed by atoms with Gasteiger partial charge in [0.2, 0.25) is 0 Å². The lowest BCUT2D eigenvalue weighted by Crippen LogP contribution is -2.35. The Kier molecular flexibility index (Phi) is 3.88. The zero-order valence-electron chi connectivity index (χ0n) is 13.7. The SMILES string of the molecule is CN1Cc2ccccc2P(=O)(c2ccccc2)c2ccccc2C1. The molecule has 0 saturated carbocycles. The Morgan fingerprint density at radius 1 is 0.708 bits per heavy atom. The maximum atomic E-state index is 14.5. The van der Waals surface area contributed by atoms with Crippen LogP contribution >= 0.6 is 7.14 Å². The van der Waals surface area contributed by atoms with Crippen LogP contribution in [-0.2, 0) is 17.7 Å². The maximum Gasteiger partial charge on any atom is 0.171 e. The molecule has 0 atom stereocenters. The van der Waals surface area contributed by atoms with Crippen LogP contribution < -0.4 is 15.9 Å². The number of rotatable bonds is 1. The highest BCUT2D eigenvalue weighted by molar-refractivity contribution is 7.85. The molecule has 0 spiro atoms. The van der Waals surface area contributed by atoms with Crippen molar-refractivity contribution >= 4 is 23.1 Å². The second-order valence-electron chi connectivity index (χ2n) is 6.37. The highest BCUT2D eigenvalue weighted by Crippen LogP contribution is 2.45. The van der Waals surface area contributed by atoms with Gasteiger partial charge in [-0.2, -0.15) is 0 Å². The first kappa shape index (κ1) is 15.4. The van der Waals surface area contributed by atoms with Crippen molar-refractivity contribution < 1.29 is 4.57 Å². The maximum absolute atomic E-state index is 14.5. The molecule has 0 N–H and O–H groups in total. The van der Waals surface area contributed by atoms with Crippen LogP contribution in [0.4, 0.5) is 0 Å². The van der Waals surface area contributed by atoms with Crippen molar-refractivity contribution in [3.05, 3.63) is 90.0 Å². The minimum atomic E-state index is -2.87. The molecule has 3 aromatic rings. The van der Waals surface area contributed by atoms with E-state index in [0.29, 0.717) is 0 Å². The van der Waals surface area contributed by atoms with Gasteiger partial charge >= 0.3 is 0 Å². The van der Waals surface area contributed by atoms with Gasteiger partial charge in [-0.15, -0.1) is 0 Å². The summed E-state index contributed by atoms with van der Waals surface area (Å²) in [4.78, 5) is 2.28. The van der Waals surface area contributed by atoms with Crippen LogP contribution in [0.25, 0.3) is 0 Å². The molecule has 2 nitrogen and oxygen atoms in total. The predicted molar refractivity (Wildman–Crippen MR) is 101 cm³/mol. The minimum absolute atomic E-state index is 0.807. The van der Waals surface area contributed by atoms with Crippen molar-refractivity contribution in [3.63, 3.8) is 0 Å². The van der Waals surface area contributed by atoms with Crippen LogP contribution in [0.15, 0.2) is 78.9 Å². The van der Waals surface area contributed by atoms with E-state index in [2.05, 4.69) is 24.1 Å². The molecule has 1 aliphatic rings. The lowest BCUT2D eigenvalue weighted by molar-refractivity contribution is 0.320. The molecule has 120 valence electrons. The zero-order chi connectivity index (χ0) is 16.6. The second-order valence-corrected chi connectivity index (χ2v) is 9.07. The molecule has 1 aliphatic heterocycles. The molecule has 0 aromatic heterocycles. The van der Waals surface area contributed by atoms with Gasteiger partial charge in [-0.05, 0) is 18.2 Å². The summed E-state index contributed by atoms with van der Waals surface area (Å²) in [5.41, 5.74) is 2.31. The monoisotopic (exact) mass is 333 g/mol. The summed E-state index contributed by atoms with van der Waals surface area (Å²) in [5, 5.41) is 2.85. The Balaban J connectivity index is 2.09. The van der Waals surface area contributed by atoms with Crippen molar-refractivity contribution in [3.8, 4) is 0 Å². The van der Waals surface area contributed by atoms with Crippen molar-refractivity contribution in [1.82, 2.24) is 4.90 Å². The molecule has 3 aromatic carbocycles. The Morgan fingerprint density at radius 2 is 1.17 bits per heavy atom. The number of nitrogens with zero attached hydrogens (tertiary/aromatic N) is 1. The van der Waals surface area contributed by atoms with Crippen LogP contribution in [0, 0.1) is 0 Å². The molecular weight excluding hydrogens is 313 g/mol. The van der Waals surface area contributed by atoms with E-state index >= 15 is 0 Å². The molecule has 0 bridgehead atoms. The molecule has 4 rings (SSSR count). The van der Waals surface area contributed by atoms with Crippen LogP contribution in [0.3, 0.4) is 0 Å². The van der Waals surface area contributed by atoms with Crippen molar-refractivity contribution in [2.45, 2.75) is 13.1 Å². The summed E-state index contributed by atoms with van der Waals surface area (Å²) in [6, 6.07) is 26.3. The summed E-state index contributed by atoms with van der Waals surface area (Å²) in [6.07, 6.45) is 0. The first-order valence-electron chi connectivity index (χ1n) is 8.21. The summed E-state index contributed by atoms with van der Waals surface area (Å²) < 4.78 is 14.5. The first-order chi connectivity index (χ1) is 11.7. The predicted octanol–water partition coefficient (Wildman–Crippen LogP) is 3.27. The smallest absolute Gasteiger partial charge is 0.171 e. The van der Waals surface area contributed by atoms with Crippen molar-refractivity contribution in [1.29, 1.82) is 0 Å². The van der Waals surface area contributed by atoms with Crippen LogP contribution in [-0.4, -0.2) is 11.9 Å². The fourth-order valence-corrected chi connectivity index (χ4v) is 6.69. The largest absolute Gasteiger partial charge is 0.309 e. The molecule has 3 heteroatoms. The van der Waals surface area contributed by atoms with E-state index in [-0.39, 0.29) is 0 Å². The van der Waals surface area contributed by atoms with Gasteiger partial charge in [0.05, 0.1) is 0 Å². The molecule has 1 heterocycles. The third-order valence-electron chi connectivity index (χ3n) is 4.66. The Hall–Kier alpha value is -2.15. The van der Waals surface area contributed by atoms with E-state index in [1.54, 1.807) is 0 Å². The third kappa shape index (κ3) is 2.43. The van der Waals surface area contributed by atoms with Gasteiger partial charge in [0.15, 0.2) is 7.14 Å². The van der Waals surface area contributed by atoms with Crippen LogP contribution in [0.1, 0.15) is 11.1 Å². The summed E-state index contributed by atoms with van der Waals surface area (Å²) >= 11 is 0. The van der Waals surface area contributed by atoms with Crippen molar-refractivity contribution in [2.75, 3.05) is 7.05 Å². The average Bonchev–Trinajstić information content (AvgIpc) is 2.62. The number of benzene rings is 3. The van der Waals surface area contributed by atoms with Gasteiger partial charge in [-0.25, -0.2) is 0 Å². The fraction of sp³-hybridized carbons (Fsp3) is 0.143. The second kappa shape index (κ2) is 6.05. The first-order valence-corrected chi connectivity index (χ1v) is 9.91. The average molecular weight is 333 g/mol. The number of hydrogen-bond donors (Lipinski definition) is 0. The van der Waals surface area contributed by atoms with E-state index in [9.17, 15) is 4.57 Å². The molecule has 0 radical (unpaired) electrons. The molecule has 0 fully saturated rings. The molecule has 0 saturated heterocycles. The standard InChI is InChI=1S/C21H20NOP/c1-22-15-17-9-5-7-13-20(17)24(23,19-11-3-2-4-12-19)21-14-8-6-10-18(21)16-22/h2-14H,15-16H2,1H3. The van der Waals surface area contributed by atoms with Crippen molar-refractivity contribution in [2.24, 2.45) is 0 Å². The van der Waals surface area contributed by atoms with Crippen LogP contribution in [0.2, 0.25) is 0 Å². The van der Waals surface area contributed by atoms with Crippen LogP contribution in [0.5, 0.6) is 0 Å². The van der Waals surface area contributed by atoms with Gasteiger partial charge in [0.25, 0.3) is 0 Å². The van der Waals surface area contributed by atoms with Gasteiger partial charge in [0.1, 0.15) is 0 Å². The molecular formula is C21H20NOP. The molecule has 24 heavy (non-hydrogen) atoms. The zero-order valence-corrected chi connectivity index (χ0v) is 14.6. The lowest BCUT2D eigenvalue weighted by atomic mass is 10.1. The highest BCUT2D eigenvalue weighted by atomic mass is 31.2. The summed E-state index contributed by atoms with van der Waals surface area (Å²) in [6.45, 7) is 1.61. The third-order valence-corrected chi connectivity index (χ3v) is 7.92. The van der Waals surface area contributed by atoms with Gasteiger partial charge < -0.3 is 4.57 Å². The normalized spacial score (nSPS) is 16.5. The summed E-state index contributed by atoms with van der Waals surface area (Å²) in [7, 11) is -0.753. The fourth-order valence-electron chi connectivity index (χ4n) is 3.59. The molecule has 0 amide bonds. The van der Waals surface area contributed by atoms with E-state index in [0.717, 1.165) is 40.1 Å². The highest BCUT2D eigenvalue weighted by Gasteiger charge is 2.35.